The summed E-state index contributed by atoms with van der Waals surface area (Å²) in [6, 6.07) is 8.65. The highest BCUT2D eigenvalue weighted by Crippen LogP contribution is 2.29. The molecule has 7 heteroatoms. The number of pyridine rings is 1. The molecule has 0 fully saturated rings. The maximum absolute atomic E-state index is 11.3. The zero-order valence-electron chi connectivity index (χ0n) is 12.7. The number of thioether (sulfide) groups is 1. The predicted molar refractivity (Wildman–Crippen MR) is 87.6 cm³/mol. The fourth-order valence-electron chi connectivity index (χ4n) is 1.59. The lowest BCUT2D eigenvalue weighted by atomic mass is 10.2. The Morgan fingerprint density at radius 2 is 1.91 bits per heavy atom. The van der Waals surface area contributed by atoms with Gasteiger partial charge in [-0.15, -0.1) is 11.8 Å². The van der Waals surface area contributed by atoms with Gasteiger partial charge in [0.2, 0.25) is 5.56 Å². The van der Waals surface area contributed by atoms with Gasteiger partial charge in [-0.25, -0.2) is 0 Å². The van der Waals surface area contributed by atoms with E-state index in [1.54, 1.807) is 7.11 Å². The number of hydrogen-bond donors (Lipinski definition) is 1. The van der Waals surface area contributed by atoms with Crippen molar-refractivity contribution in [1.29, 1.82) is 0 Å². The lowest BCUT2D eigenvalue weighted by molar-refractivity contribution is -0.388. The number of aromatic amines is 1. The zero-order chi connectivity index (χ0) is 16.5. The molecule has 2 rings (SSSR count). The van der Waals surface area contributed by atoms with Gasteiger partial charge in [0.05, 0.1) is 23.1 Å². The molecule has 0 saturated carbocycles. The molecule has 0 aliphatic carbocycles. The molecular weight excluding hydrogens is 304 g/mol. The second-order valence-corrected chi connectivity index (χ2v) is 4.96. The van der Waals surface area contributed by atoms with Gasteiger partial charge in [-0.3, -0.25) is 14.9 Å². The van der Waals surface area contributed by atoms with Crippen molar-refractivity contribution in [3.05, 3.63) is 62.6 Å². The number of ether oxygens (including phenoxy) is 1. The number of methoxy groups -OCH3 is 1. The topological polar surface area (TPSA) is 85.2 Å². The smallest absolute Gasteiger partial charge is 0.298 e. The van der Waals surface area contributed by atoms with Crippen molar-refractivity contribution in [3.8, 4) is 5.75 Å². The molecule has 0 bridgehead atoms. The molecule has 0 saturated heterocycles. The van der Waals surface area contributed by atoms with E-state index in [0.29, 0.717) is 10.6 Å². The van der Waals surface area contributed by atoms with Crippen LogP contribution in [0.25, 0.3) is 0 Å². The quantitative estimate of drug-likeness (QED) is 0.516. The second-order valence-electron chi connectivity index (χ2n) is 3.94. The average molecular weight is 322 g/mol. The summed E-state index contributed by atoms with van der Waals surface area (Å²) in [5, 5.41) is 10.9. The Hall–Kier alpha value is -2.28. The number of nitrogens with zero attached hydrogens (tertiary/aromatic N) is 1. The minimum Gasteiger partial charge on any atom is -0.497 e. The van der Waals surface area contributed by atoms with Gasteiger partial charge < -0.3 is 9.72 Å². The zero-order valence-corrected chi connectivity index (χ0v) is 13.5. The normalized spacial score (nSPS) is 9.59. The molecule has 22 heavy (non-hydrogen) atoms. The Balaban J connectivity index is 0.00000116. The third-order valence-electron chi connectivity index (χ3n) is 2.62. The van der Waals surface area contributed by atoms with Crippen LogP contribution < -0.4 is 10.3 Å². The van der Waals surface area contributed by atoms with Gasteiger partial charge in [0.1, 0.15) is 5.75 Å². The van der Waals surface area contributed by atoms with E-state index >= 15 is 0 Å². The van der Waals surface area contributed by atoms with Crippen LogP contribution in [-0.2, 0) is 5.75 Å². The number of aromatic nitrogens is 1. The van der Waals surface area contributed by atoms with Crippen LogP contribution in [0.2, 0.25) is 0 Å². The summed E-state index contributed by atoms with van der Waals surface area (Å²) in [7, 11) is 1.59. The van der Waals surface area contributed by atoms with Crippen LogP contribution >= 0.6 is 11.8 Å². The third-order valence-corrected chi connectivity index (χ3v) is 3.73. The molecule has 1 N–H and O–H groups in total. The summed E-state index contributed by atoms with van der Waals surface area (Å²) in [4.78, 5) is 24.3. The van der Waals surface area contributed by atoms with E-state index in [1.165, 1.54) is 17.8 Å². The van der Waals surface area contributed by atoms with E-state index in [0.717, 1.165) is 17.5 Å². The molecule has 0 spiro atoms. The first-order valence-corrected chi connectivity index (χ1v) is 7.71. The van der Waals surface area contributed by atoms with Crippen LogP contribution in [0, 0.1) is 10.1 Å². The Morgan fingerprint density at radius 1 is 1.27 bits per heavy atom. The molecule has 1 aromatic heterocycles. The lowest BCUT2D eigenvalue weighted by Crippen LogP contribution is -2.05. The first kappa shape index (κ1) is 17.8. The first-order chi connectivity index (χ1) is 10.6. The number of benzene rings is 1. The molecule has 0 unspecified atom stereocenters. The van der Waals surface area contributed by atoms with Gasteiger partial charge in [-0.1, -0.05) is 26.0 Å². The number of nitrogens with one attached hydrogen (secondary N) is 1. The van der Waals surface area contributed by atoms with E-state index in [9.17, 15) is 14.9 Å². The summed E-state index contributed by atoms with van der Waals surface area (Å²) in [6.07, 6.45) is 1.12. The van der Waals surface area contributed by atoms with Crippen molar-refractivity contribution in [2.45, 2.75) is 24.5 Å². The highest BCUT2D eigenvalue weighted by atomic mass is 32.2. The maximum Gasteiger partial charge on any atom is 0.298 e. The fraction of sp³-hybridized carbons (Fsp3) is 0.267. The van der Waals surface area contributed by atoms with Gasteiger partial charge in [0.25, 0.3) is 5.69 Å². The maximum atomic E-state index is 11.3. The molecule has 0 aliphatic heterocycles. The van der Waals surface area contributed by atoms with Gasteiger partial charge in [0.15, 0.2) is 0 Å². The Bertz CT molecular complexity index is 668. The minimum atomic E-state index is -0.508. The van der Waals surface area contributed by atoms with E-state index in [-0.39, 0.29) is 11.2 Å². The van der Waals surface area contributed by atoms with Gasteiger partial charge in [0, 0.05) is 11.8 Å². The Labute approximate surface area is 132 Å². The molecule has 0 aliphatic rings. The lowest BCUT2D eigenvalue weighted by Gasteiger charge is -2.04. The highest BCUT2D eigenvalue weighted by molar-refractivity contribution is 7.98. The Morgan fingerprint density at radius 3 is 2.45 bits per heavy atom. The van der Waals surface area contributed by atoms with Crippen LogP contribution in [0.15, 0.2) is 46.2 Å². The number of nitro groups is 1. The molecule has 1 aromatic carbocycles. The van der Waals surface area contributed by atoms with E-state index < -0.39 is 4.92 Å². The van der Waals surface area contributed by atoms with Crippen molar-refractivity contribution in [2.24, 2.45) is 0 Å². The number of H-pyrrole nitrogens is 1. The minimum absolute atomic E-state index is 0.0943. The van der Waals surface area contributed by atoms with Crippen molar-refractivity contribution in [3.63, 3.8) is 0 Å². The van der Waals surface area contributed by atoms with Crippen molar-refractivity contribution >= 4 is 17.4 Å². The SMILES string of the molecule is CC.COc1ccc(CSc2cc(=O)[nH]cc2[N+](=O)[O-])cc1. The second kappa shape index (κ2) is 8.89. The van der Waals surface area contributed by atoms with Crippen LogP contribution in [0.1, 0.15) is 19.4 Å². The summed E-state index contributed by atoms with van der Waals surface area (Å²) >= 11 is 1.25. The summed E-state index contributed by atoms with van der Waals surface area (Å²) < 4.78 is 5.06. The molecule has 0 atom stereocenters. The monoisotopic (exact) mass is 322 g/mol. The van der Waals surface area contributed by atoms with Crippen LogP contribution in [0.3, 0.4) is 0 Å². The largest absolute Gasteiger partial charge is 0.497 e. The fourth-order valence-corrected chi connectivity index (χ4v) is 2.57. The molecule has 0 radical (unpaired) electrons. The number of hydrogen-bond acceptors (Lipinski definition) is 5. The molecule has 0 amide bonds. The molecule has 6 nitrogen and oxygen atoms in total. The molecule has 118 valence electrons. The average Bonchev–Trinajstić information content (AvgIpc) is 2.55. The molecule has 2 aromatic rings. The Kier molecular flexibility index (Phi) is 7.18. The number of rotatable bonds is 5. The van der Waals surface area contributed by atoms with E-state index in [4.69, 9.17) is 4.74 Å². The van der Waals surface area contributed by atoms with Crippen LogP contribution in [0.5, 0.6) is 5.75 Å². The van der Waals surface area contributed by atoms with E-state index in [1.807, 2.05) is 38.1 Å². The third kappa shape index (κ3) is 4.92. The summed E-state index contributed by atoms with van der Waals surface area (Å²) in [5.74, 6) is 1.29. The van der Waals surface area contributed by atoms with Crippen LogP contribution in [0.4, 0.5) is 5.69 Å². The molecule has 1 heterocycles. The van der Waals surface area contributed by atoms with Crippen molar-refractivity contribution in [1.82, 2.24) is 4.98 Å². The predicted octanol–water partition coefficient (Wildman–Crippen LogP) is 3.61. The highest BCUT2D eigenvalue weighted by Gasteiger charge is 2.14. The van der Waals surface area contributed by atoms with Gasteiger partial charge in [-0.05, 0) is 17.7 Å². The van der Waals surface area contributed by atoms with Crippen LogP contribution in [-0.4, -0.2) is 17.0 Å². The van der Waals surface area contributed by atoms with E-state index in [2.05, 4.69) is 4.98 Å². The summed E-state index contributed by atoms with van der Waals surface area (Å²) in [6.45, 7) is 4.00. The first-order valence-electron chi connectivity index (χ1n) is 6.73. The summed E-state index contributed by atoms with van der Waals surface area (Å²) in [5.41, 5.74) is 0.543. The van der Waals surface area contributed by atoms with Crippen molar-refractivity contribution < 1.29 is 9.66 Å². The van der Waals surface area contributed by atoms with Gasteiger partial charge >= 0.3 is 0 Å². The van der Waals surface area contributed by atoms with Gasteiger partial charge in [-0.2, -0.15) is 0 Å². The standard InChI is InChI=1S/C13H12N2O4S.C2H6/c1-19-10-4-2-9(3-5-10)8-20-12-6-13(16)14-7-11(12)15(17)18;1-2/h2-7H,8H2,1H3,(H,14,16);1-2H3. The van der Waals surface area contributed by atoms with Crippen molar-refractivity contribution in [2.75, 3.05) is 7.11 Å². The molecular formula is C15H18N2O4S.